The number of hydrogen-bond donors (Lipinski definition) is 8. The van der Waals surface area contributed by atoms with E-state index in [0.29, 0.717) is 0 Å². The lowest BCUT2D eigenvalue weighted by molar-refractivity contribution is -0.148. The molecule has 152 valence electrons. The van der Waals surface area contributed by atoms with Gasteiger partial charge in [-0.15, -0.1) is 0 Å². The number of carboxylic acid groups (broad SMARTS) is 3. The zero-order valence-corrected chi connectivity index (χ0v) is 13.9. The average Bonchev–Trinajstić information content (AvgIpc) is 2.56. The molecular weight excluding hydrogens is 372 g/mol. The third-order valence-electron chi connectivity index (χ3n) is 3.02. The summed E-state index contributed by atoms with van der Waals surface area (Å²) in [4.78, 5) is 67.8. The van der Waals surface area contributed by atoms with Crippen LogP contribution in [0.25, 0.3) is 0 Å². The van der Waals surface area contributed by atoms with Gasteiger partial charge in [-0.05, 0) is 0 Å². The quantitative estimate of drug-likeness (QED) is 0.157. The van der Waals surface area contributed by atoms with Gasteiger partial charge in [-0.2, -0.15) is 0 Å². The summed E-state index contributed by atoms with van der Waals surface area (Å²) in [5.74, 6) is -7.98. The molecule has 0 aliphatic rings. The first kappa shape index (κ1) is 23.7. The van der Waals surface area contributed by atoms with Crippen LogP contribution in [0.15, 0.2) is 0 Å². The Morgan fingerprint density at radius 3 is 1.59 bits per heavy atom. The topological polar surface area (TPSA) is 245 Å². The molecule has 0 aliphatic carbocycles. The second kappa shape index (κ2) is 11.4. The third kappa shape index (κ3) is 9.13. The predicted molar refractivity (Wildman–Crippen MR) is 84.1 cm³/mol. The van der Waals surface area contributed by atoms with Crippen LogP contribution in [0.4, 0.5) is 0 Å². The van der Waals surface area contributed by atoms with E-state index in [1.165, 1.54) is 0 Å². The summed E-state index contributed by atoms with van der Waals surface area (Å²) < 4.78 is 0. The monoisotopic (exact) mass is 392 g/mol. The van der Waals surface area contributed by atoms with Gasteiger partial charge in [0.25, 0.3) is 0 Å². The summed E-state index contributed by atoms with van der Waals surface area (Å²) in [5, 5.41) is 41.2. The van der Waals surface area contributed by atoms with Crippen LogP contribution in [0.3, 0.4) is 0 Å². The number of aliphatic carboxylic acids is 3. The van der Waals surface area contributed by atoms with Crippen molar-refractivity contribution in [2.45, 2.75) is 31.0 Å². The minimum atomic E-state index is -1.87. The standard InChI is InChI=1S/C13H20N4O10/c14-3-8(19)15-7(4-18)12(25)16-5(1-9(20)21)11(24)17-6(13(26)27)2-10(22)23/h5-7,18H,1-4,14H2,(H,15,19)(H,16,25)(H,17,24)(H,20,21)(H,22,23)(H,26,27). The third-order valence-corrected chi connectivity index (χ3v) is 3.02. The SMILES string of the molecule is NCC(=O)NC(CO)C(=O)NC(CC(=O)O)C(=O)NC(CC(=O)O)C(=O)O. The molecule has 3 amide bonds. The van der Waals surface area contributed by atoms with Crippen molar-refractivity contribution in [3.05, 3.63) is 0 Å². The minimum absolute atomic E-state index is 0.502. The molecule has 27 heavy (non-hydrogen) atoms. The molecule has 9 N–H and O–H groups in total. The zero-order chi connectivity index (χ0) is 21.1. The Hall–Kier alpha value is -3.26. The number of carbonyl (C=O) groups excluding carboxylic acids is 3. The molecular formula is C13H20N4O10. The van der Waals surface area contributed by atoms with Gasteiger partial charge < -0.3 is 42.1 Å². The molecule has 0 saturated carbocycles. The average molecular weight is 392 g/mol. The molecule has 14 nitrogen and oxygen atoms in total. The highest BCUT2D eigenvalue weighted by molar-refractivity contribution is 5.95. The number of aliphatic hydroxyl groups excluding tert-OH is 1. The van der Waals surface area contributed by atoms with Gasteiger partial charge in [0.05, 0.1) is 26.0 Å². The van der Waals surface area contributed by atoms with Gasteiger partial charge in [0.2, 0.25) is 17.7 Å². The Kier molecular flexibility index (Phi) is 10.0. The van der Waals surface area contributed by atoms with Crippen LogP contribution in [-0.2, 0) is 28.8 Å². The number of nitrogens with one attached hydrogen (secondary N) is 3. The number of rotatable bonds is 12. The summed E-state index contributed by atoms with van der Waals surface area (Å²) in [7, 11) is 0. The van der Waals surface area contributed by atoms with Gasteiger partial charge >= 0.3 is 17.9 Å². The Balaban J connectivity index is 5.23. The minimum Gasteiger partial charge on any atom is -0.481 e. The molecule has 0 aromatic heterocycles. The number of nitrogens with two attached hydrogens (primary N) is 1. The molecule has 3 atom stereocenters. The van der Waals surface area contributed by atoms with E-state index >= 15 is 0 Å². The summed E-state index contributed by atoms with van der Waals surface area (Å²) >= 11 is 0. The van der Waals surface area contributed by atoms with Crippen LogP contribution in [0, 0.1) is 0 Å². The Morgan fingerprint density at radius 2 is 1.19 bits per heavy atom. The van der Waals surface area contributed by atoms with Crippen LogP contribution < -0.4 is 21.7 Å². The van der Waals surface area contributed by atoms with E-state index < -0.39 is 79.7 Å². The van der Waals surface area contributed by atoms with E-state index in [4.69, 9.17) is 26.2 Å². The largest absolute Gasteiger partial charge is 0.481 e. The molecule has 0 bridgehead atoms. The first-order valence-corrected chi connectivity index (χ1v) is 7.39. The Morgan fingerprint density at radius 1 is 0.741 bits per heavy atom. The first-order chi connectivity index (χ1) is 12.5. The molecule has 0 radical (unpaired) electrons. The Bertz CT molecular complexity index is 608. The molecule has 3 unspecified atom stereocenters. The highest BCUT2D eigenvalue weighted by atomic mass is 16.4. The lowest BCUT2D eigenvalue weighted by atomic mass is 10.1. The number of hydrogen-bond acceptors (Lipinski definition) is 8. The number of carboxylic acids is 3. The van der Waals surface area contributed by atoms with E-state index in [1.54, 1.807) is 5.32 Å². The van der Waals surface area contributed by atoms with Gasteiger partial charge in [-0.25, -0.2) is 4.79 Å². The second-order valence-electron chi connectivity index (χ2n) is 5.16. The van der Waals surface area contributed by atoms with Crippen molar-refractivity contribution >= 4 is 35.6 Å². The van der Waals surface area contributed by atoms with Gasteiger partial charge in [0.1, 0.15) is 18.1 Å². The van der Waals surface area contributed by atoms with Crippen molar-refractivity contribution in [3.63, 3.8) is 0 Å². The fraction of sp³-hybridized carbons (Fsp3) is 0.538. The zero-order valence-electron chi connectivity index (χ0n) is 13.9. The molecule has 14 heteroatoms. The molecule has 0 heterocycles. The van der Waals surface area contributed by atoms with Gasteiger partial charge in [-0.3, -0.25) is 24.0 Å². The second-order valence-corrected chi connectivity index (χ2v) is 5.16. The van der Waals surface area contributed by atoms with E-state index in [1.807, 2.05) is 10.6 Å². The molecule has 0 aliphatic heterocycles. The van der Waals surface area contributed by atoms with Crippen LogP contribution in [0.1, 0.15) is 12.8 Å². The highest BCUT2D eigenvalue weighted by Gasteiger charge is 2.31. The maximum absolute atomic E-state index is 12.1. The molecule has 0 fully saturated rings. The first-order valence-electron chi connectivity index (χ1n) is 7.39. The maximum atomic E-state index is 12.1. The molecule has 0 aromatic carbocycles. The lowest BCUT2D eigenvalue weighted by Crippen LogP contribution is -2.57. The fourth-order valence-electron chi connectivity index (χ4n) is 1.75. The van der Waals surface area contributed by atoms with Crippen molar-refractivity contribution in [3.8, 4) is 0 Å². The van der Waals surface area contributed by atoms with Gasteiger partial charge in [0.15, 0.2) is 0 Å². The van der Waals surface area contributed by atoms with Crippen molar-refractivity contribution in [1.82, 2.24) is 16.0 Å². The molecule has 0 saturated heterocycles. The van der Waals surface area contributed by atoms with Gasteiger partial charge in [-0.1, -0.05) is 0 Å². The molecule has 0 spiro atoms. The van der Waals surface area contributed by atoms with Crippen LogP contribution in [0.5, 0.6) is 0 Å². The van der Waals surface area contributed by atoms with Crippen molar-refractivity contribution in [2.75, 3.05) is 13.2 Å². The lowest BCUT2D eigenvalue weighted by Gasteiger charge is -2.22. The van der Waals surface area contributed by atoms with Crippen LogP contribution in [-0.4, -0.2) is 87.3 Å². The molecule has 0 rings (SSSR count). The maximum Gasteiger partial charge on any atom is 0.326 e. The van der Waals surface area contributed by atoms with E-state index in [0.717, 1.165) is 0 Å². The van der Waals surface area contributed by atoms with Crippen LogP contribution >= 0.6 is 0 Å². The smallest absolute Gasteiger partial charge is 0.326 e. The number of amides is 3. The van der Waals surface area contributed by atoms with Crippen LogP contribution in [0.2, 0.25) is 0 Å². The van der Waals surface area contributed by atoms with Crippen molar-refractivity contribution < 1.29 is 49.2 Å². The van der Waals surface area contributed by atoms with E-state index in [-0.39, 0.29) is 0 Å². The number of aliphatic hydroxyl groups is 1. The normalized spacial score (nSPS) is 13.6. The van der Waals surface area contributed by atoms with E-state index in [2.05, 4.69) is 0 Å². The number of carbonyl (C=O) groups is 6. The molecule has 0 aromatic rings. The summed E-state index contributed by atoms with van der Waals surface area (Å²) in [6.45, 7) is -1.39. The van der Waals surface area contributed by atoms with Gasteiger partial charge in [0, 0.05) is 0 Å². The summed E-state index contributed by atoms with van der Waals surface area (Å²) in [6, 6.07) is -5.21. The fourth-order valence-corrected chi connectivity index (χ4v) is 1.75. The Labute approximate surface area is 151 Å². The summed E-state index contributed by atoms with van der Waals surface area (Å²) in [6.07, 6.45) is -1.96. The van der Waals surface area contributed by atoms with E-state index in [9.17, 15) is 28.8 Å². The predicted octanol–water partition coefficient (Wildman–Crippen LogP) is -4.57. The van der Waals surface area contributed by atoms with Crippen molar-refractivity contribution in [2.24, 2.45) is 5.73 Å². The summed E-state index contributed by atoms with van der Waals surface area (Å²) in [5.41, 5.74) is 5.04. The van der Waals surface area contributed by atoms with Crippen molar-refractivity contribution in [1.29, 1.82) is 0 Å². The highest BCUT2D eigenvalue weighted by Crippen LogP contribution is 1.99.